The standard InChI is InChI=1S/C14H19FN2O3S/c1-10-8-17(6-7-21(19,20)9-10)14(18)16-12-5-3-4-11(2)13(12)15/h3-5,10H,6-9H2,1-2H3,(H,16,18)/t10-/m0/s1. The highest BCUT2D eigenvalue weighted by Crippen LogP contribution is 2.18. The number of anilines is 1. The molecule has 0 bridgehead atoms. The Labute approximate surface area is 124 Å². The molecule has 1 saturated heterocycles. The van der Waals surface area contributed by atoms with Crippen LogP contribution in [0.15, 0.2) is 18.2 Å². The number of carbonyl (C=O) groups is 1. The van der Waals surface area contributed by atoms with Gasteiger partial charge in [0, 0.05) is 13.1 Å². The lowest BCUT2D eigenvalue weighted by Gasteiger charge is -2.22. The number of hydrogen-bond acceptors (Lipinski definition) is 3. The zero-order valence-electron chi connectivity index (χ0n) is 12.1. The van der Waals surface area contributed by atoms with Crippen LogP contribution >= 0.6 is 0 Å². The molecule has 0 unspecified atom stereocenters. The molecule has 0 aromatic heterocycles. The average molecular weight is 314 g/mol. The van der Waals surface area contributed by atoms with E-state index in [0.717, 1.165) is 0 Å². The van der Waals surface area contributed by atoms with Crippen LogP contribution in [0.5, 0.6) is 0 Å². The van der Waals surface area contributed by atoms with Crippen LogP contribution in [-0.2, 0) is 9.84 Å². The maximum absolute atomic E-state index is 13.9. The third-order valence-corrected chi connectivity index (χ3v) is 5.34. The first-order valence-electron chi connectivity index (χ1n) is 6.80. The minimum atomic E-state index is -3.12. The molecule has 0 radical (unpaired) electrons. The van der Waals surface area contributed by atoms with Gasteiger partial charge >= 0.3 is 6.03 Å². The Hall–Kier alpha value is -1.63. The molecule has 1 heterocycles. The van der Waals surface area contributed by atoms with Gasteiger partial charge in [-0.25, -0.2) is 17.6 Å². The van der Waals surface area contributed by atoms with E-state index < -0.39 is 21.7 Å². The second-order valence-corrected chi connectivity index (χ2v) is 7.76. The van der Waals surface area contributed by atoms with Crippen molar-refractivity contribution in [3.05, 3.63) is 29.6 Å². The lowest BCUT2D eigenvalue weighted by Crippen LogP contribution is -2.38. The van der Waals surface area contributed by atoms with E-state index in [1.165, 1.54) is 11.0 Å². The first kappa shape index (κ1) is 15.8. The third kappa shape index (κ3) is 3.93. The van der Waals surface area contributed by atoms with Gasteiger partial charge in [-0.1, -0.05) is 19.1 Å². The van der Waals surface area contributed by atoms with E-state index in [-0.39, 0.29) is 29.7 Å². The van der Waals surface area contributed by atoms with E-state index in [0.29, 0.717) is 12.1 Å². The number of hydrogen-bond donors (Lipinski definition) is 1. The van der Waals surface area contributed by atoms with Crippen LogP contribution < -0.4 is 5.32 Å². The molecular formula is C14H19FN2O3S. The van der Waals surface area contributed by atoms with E-state index in [1.807, 2.05) is 0 Å². The fraction of sp³-hybridized carbons (Fsp3) is 0.500. The molecular weight excluding hydrogens is 295 g/mol. The van der Waals surface area contributed by atoms with Crippen LogP contribution in [0.1, 0.15) is 12.5 Å². The lowest BCUT2D eigenvalue weighted by atomic mass is 10.2. The van der Waals surface area contributed by atoms with E-state index in [4.69, 9.17) is 0 Å². The first-order valence-corrected chi connectivity index (χ1v) is 8.62. The molecule has 1 atom stereocenters. The number of aryl methyl sites for hydroxylation is 1. The van der Waals surface area contributed by atoms with Crippen molar-refractivity contribution in [1.29, 1.82) is 0 Å². The molecule has 7 heteroatoms. The van der Waals surface area contributed by atoms with Gasteiger partial charge in [0.15, 0.2) is 9.84 Å². The van der Waals surface area contributed by atoms with Crippen molar-refractivity contribution in [3.63, 3.8) is 0 Å². The van der Waals surface area contributed by atoms with Crippen LogP contribution in [0.4, 0.5) is 14.9 Å². The third-order valence-electron chi connectivity index (χ3n) is 3.46. The summed E-state index contributed by atoms with van der Waals surface area (Å²) in [6, 6.07) is 4.29. The molecule has 1 aromatic carbocycles. The van der Waals surface area contributed by atoms with Gasteiger partial charge in [-0.2, -0.15) is 0 Å². The molecule has 1 aliphatic rings. The largest absolute Gasteiger partial charge is 0.323 e. The summed E-state index contributed by atoms with van der Waals surface area (Å²) in [4.78, 5) is 13.6. The van der Waals surface area contributed by atoms with Gasteiger partial charge in [0.2, 0.25) is 0 Å². The van der Waals surface area contributed by atoms with Crippen LogP contribution in [0.3, 0.4) is 0 Å². The minimum absolute atomic E-state index is 0.0545. The highest BCUT2D eigenvalue weighted by atomic mass is 32.2. The summed E-state index contributed by atoms with van der Waals surface area (Å²) in [5, 5.41) is 2.51. The van der Waals surface area contributed by atoms with Crippen LogP contribution in [-0.4, -0.2) is 43.9 Å². The molecule has 5 nitrogen and oxygen atoms in total. The predicted molar refractivity (Wildman–Crippen MR) is 79.5 cm³/mol. The summed E-state index contributed by atoms with van der Waals surface area (Å²) in [5.74, 6) is -0.580. The Morgan fingerprint density at radius 1 is 1.43 bits per heavy atom. The quantitative estimate of drug-likeness (QED) is 0.862. The molecule has 21 heavy (non-hydrogen) atoms. The number of amides is 2. The maximum Gasteiger partial charge on any atom is 0.321 e. The first-order chi connectivity index (χ1) is 9.78. The Morgan fingerprint density at radius 2 is 2.14 bits per heavy atom. The Bertz CT molecular complexity index is 646. The summed E-state index contributed by atoms with van der Waals surface area (Å²) < 4.78 is 37.3. The number of urea groups is 1. The molecule has 0 saturated carbocycles. The summed E-state index contributed by atoms with van der Waals surface area (Å²) in [6.45, 7) is 3.88. The number of carbonyl (C=O) groups excluding carboxylic acids is 1. The molecule has 0 spiro atoms. The predicted octanol–water partition coefficient (Wildman–Crippen LogP) is 2.03. The highest BCUT2D eigenvalue weighted by Gasteiger charge is 2.27. The zero-order valence-corrected chi connectivity index (χ0v) is 12.9. The summed E-state index contributed by atoms with van der Waals surface area (Å²) in [5.41, 5.74) is 0.555. The fourth-order valence-electron chi connectivity index (χ4n) is 2.41. The van der Waals surface area contributed by atoms with Crippen molar-refractivity contribution in [3.8, 4) is 0 Å². The molecule has 2 rings (SSSR count). The van der Waals surface area contributed by atoms with Crippen LogP contribution in [0.2, 0.25) is 0 Å². The normalized spacial score (nSPS) is 21.7. The lowest BCUT2D eigenvalue weighted by molar-refractivity contribution is 0.209. The van der Waals surface area contributed by atoms with Gasteiger partial charge in [0.1, 0.15) is 5.82 Å². The zero-order chi connectivity index (χ0) is 15.6. The van der Waals surface area contributed by atoms with Crippen molar-refractivity contribution in [2.45, 2.75) is 13.8 Å². The minimum Gasteiger partial charge on any atom is -0.323 e. The van der Waals surface area contributed by atoms with Crippen LogP contribution in [0.25, 0.3) is 0 Å². The van der Waals surface area contributed by atoms with Crippen molar-refractivity contribution < 1.29 is 17.6 Å². The monoisotopic (exact) mass is 314 g/mol. The number of nitrogens with one attached hydrogen (secondary N) is 1. The second-order valence-electron chi connectivity index (χ2n) is 5.53. The average Bonchev–Trinajstić information content (AvgIpc) is 2.52. The van der Waals surface area contributed by atoms with Gasteiger partial charge < -0.3 is 10.2 Å². The number of nitrogens with zero attached hydrogens (tertiary/aromatic N) is 1. The van der Waals surface area contributed by atoms with Crippen molar-refractivity contribution >= 4 is 21.6 Å². The second kappa shape index (κ2) is 6.01. The molecule has 1 aliphatic heterocycles. The van der Waals surface area contributed by atoms with Gasteiger partial charge in [-0.05, 0) is 24.5 Å². The Morgan fingerprint density at radius 3 is 2.86 bits per heavy atom. The fourth-order valence-corrected chi connectivity index (χ4v) is 4.05. The van der Waals surface area contributed by atoms with Crippen molar-refractivity contribution in [2.75, 3.05) is 29.9 Å². The number of sulfone groups is 1. The topological polar surface area (TPSA) is 66.5 Å². The van der Waals surface area contributed by atoms with Crippen LogP contribution in [0, 0.1) is 18.7 Å². The maximum atomic E-state index is 13.9. The molecule has 116 valence electrons. The molecule has 1 fully saturated rings. The van der Waals surface area contributed by atoms with Gasteiger partial charge in [0.25, 0.3) is 0 Å². The number of rotatable bonds is 1. The summed E-state index contributed by atoms with van der Waals surface area (Å²) in [7, 11) is -3.12. The molecule has 1 N–H and O–H groups in total. The summed E-state index contributed by atoms with van der Waals surface area (Å²) in [6.07, 6.45) is 0. The smallest absolute Gasteiger partial charge is 0.321 e. The van der Waals surface area contributed by atoms with E-state index in [1.54, 1.807) is 26.0 Å². The van der Waals surface area contributed by atoms with E-state index >= 15 is 0 Å². The van der Waals surface area contributed by atoms with E-state index in [2.05, 4.69) is 5.32 Å². The Kier molecular flexibility index (Phi) is 4.51. The molecule has 2 amide bonds. The SMILES string of the molecule is Cc1cccc(NC(=O)N2CCS(=O)(=O)C[C@@H](C)C2)c1F. The van der Waals surface area contributed by atoms with Gasteiger partial charge in [0.05, 0.1) is 17.2 Å². The highest BCUT2D eigenvalue weighted by molar-refractivity contribution is 7.91. The Balaban J connectivity index is 2.11. The van der Waals surface area contributed by atoms with Gasteiger partial charge in [-0.15, -0.1) is 0 Å². The molecule has 0 aliphatic carbocycles. The van der Waals surface area contributed by atoms with Gasteiger partial charge in [-0.3, -0.25) is 0 Å². The number of benzene rings is 1. The van der Waals surface area contributed by atoms with E-state index in [9.17, 15) is 17.6 Å². The van der Waals surface area contributed by atoms with Crippen molar-refractivity contribution in [1.82, 2.24) is 4.90 Å². The summed E-state index contributed by atoms with van der Waals surface area (Å²) >= 11 is 0. The molecule has 1 aromatic rings. The number of halogens is 1. The van der Waals surface area contributed by atoms with Crippen molar-refractivity contribution in [2.24, 2.45) is 5.92 Å².